The predicted octanol–water partition coefficient (Wildman–Crippen LogP) is 4.02. The Hall–Kier alpha value is -2.55. The molecule has 3 heteroatoms. The molecular formula is C16H13N3. The summed E-state index contributed by atoms with van der Waals surface area (Å²) in [5, 5.41) is 1.21. The van der Waals surface area contributed by atoms with Crippen LogP contribution in [-0.2, 0) is 0 Å². The number of aromatic nitrogens is 3. The number of benzene rings is 2. The van der Waals surface area contributed by atoms with Gasteiger partial charge in [0.1, 0.15) is 5.82 Å². The fourth-order valence-corrected chi connectivity index (χ4v) is 2.58. The van der Waals surface area contributed by atoms with E-state index >= 15 is 0 Å². The van der Waals surface area contributed by atoms with Crippen molar-refractivity contribution in [2.45, 2.75) is 6.92 Å². The second-order valence-electron chi connectivity index (χ2n) is 4.82. The minimum atomic E-state index is 0.922. The largest absolute Gasteiger partial charge is 0.359 e. The molecule has 0 amide bonds. The van der Waals surface area contributed by atoms with Crippen molar-refractivity contribution in [3.63, 3.8) is 0 Å². The van der Waals surface area contributed by atoms with E-state index in [1.165, 1.54) is 11.1 Å². The fourth-order valence-electron chi connectivity index (χ4n) is 2.58. The van der Waals surface area contributed by atoms with E-state index in [4.69, 9.17) is 0 Å². The van der Waals surface area contributed by atoms with Gasteiger partial charge >= 0.3 is 0 Å². The molecule has 19 heavy (non-hydrogen) atoms. The van der Waals surface area contributed by atoms with E-state index in [1.807, 2.05) is 24.3 Å². The van der Waals surface area contributed by atoms with E-state index in [1.54, 1.807) is 0 Å². The zero-order valence-electron chi connectivity index (χ0n) is 10.6. The molecule has 0 aliphatic heterocycles. The summed E-state index contributed by atoms with van der Waals surface area (Å²) in [5.41, 5.74) is 5.52. The number of fused-ring (bicyclic) bond motifs is 2. The van der Waals surface area contributed by atoms with E-state index in [0.717, 1.165) is 27.9 Å². The first-order chi connectivity index (χ1) is 9.31. The number of para-hydroxylation sites is 2. The van der Waals surface area contributed by atoms with Crippen LogP contribution in [0.25, 0.3) is 33.3 Å². The SMILES string of the molecule is Cc1cc2c(-c3nc4ccccc4[nH]3)cccc2[nH]1. The van der Waals surface area contributed by atoms with Crippen molar-refractivity contribution in [3.8, 4) is 11.4 Å². The summed E-state index contributed by atoms with van der Waals surface area (Å²) >= 11 is 0. The molecule has 0 atom stereocenters. The molecule has 0 aliphatic rings. The average Bonchev–Trinajstić information content (AvgIpc) is 2.99. The number of nitrogens with one attached hydrogen (secondary N) is 2. The van der Waals surface area contributed by atoms with Crippen LogP contribution in [0.2, 0.25) is 0 Å². The van der Waals surface area contributed by atoms with E-state index < -0.39 is 0 Å². The van der Waals surface area contributed by atoms with Gasteiger partial charge in [-0.2, -0.15) is 0 Å². The highest BCUT2D eigenvalue weighted by Gasteiger charge is 2.09. The third-order valence-corrected chi connectivity index (χ3v) is 3.44. The zero-order valence-corrected chi connectivity index (χ0v) is 10.6. The monoisotopic (exact) mass is 247 g/mol. The highest BCUT2D eigenvalue weighted by molar-refractivity contribution is 5.95. The summed E-state index contributed by atoms with van der Waals surface area (Å²) in [6.45, 7) is 2.07. The molecule has 0 saturated carbocycles. The van der Waals surface area contributed by atoms with Gasteiger partial charge in [-0.1, -0.05) is 24.3 Å². The molecule has 3 nitrogen and oxygen atoms in total. The first-order valence-corrected chi connectivity index (χ1v) is 6.35. The van der Waals surface area contributed by atoms with E-state index in [2.05, 4.69) is 46.1 Å². The Morgan fingerprint density at radius 1 is 0.895 bits per heavy atom. The van der Waals surface area contributed by atoms with Crippen molar-refractivity contribution in [2.75, 3.05) is 0 Å². The number of hydrogen-bond donors (Lipinski definition) is 2. The standard InChI is InChI=1S/C16H13N3/c1-10-9-12-11(5-4-8-13(12)17-10)16-18-14-6-2-3-7-15(14)19-16/h2-9,17H,1H3,(H,18,19). The van der Waals surface area contributed by atoms with Gasteiger partial charge in [-0.3, -0.25) is 0 Å². The molecule has 0 bridgehead atoms. The topological polar surface area (TPSA) is 44.5 Å². The predicted molar refractivity (Wildman–Crippen MR) is 78.1 cm³/mol. The van der Waals surface area contributed by atoms with Crippen LogP contribution in [0.4, 0.5) is 0 Å². The molecule has 2 N–H and O–H groups in total. The van der Waals surface area contributed by atoms with Gasteiger partial charge in [-0.25, -0.2) is 4.98 Å². The second kappa shape index (κ2) is 3.72. The third kappa shape index (κ3) is 1.55. The van der Waals surface area contributed by atoms with Crippen LogP contribution in [0.1, 0.15) is 5.69 Å². The lowest BCUT2D eigenvalue weighted by molar-refractivity contribution is 1.30. The van der Waals surface area contributed by atoms with E-state index in [9.17, 15) is 0 Å². The first-order valence-electron chi connectivity index (χ1n) is 6.35. The smallest absolute Gasteiger partial charge is 0.139 e. The van der Waals surface area contributed by atoms with Crippen LogP contribution in [0, 0.1) is 6.92 Å². The lowest BCUT2D eigenvalue weighted by Crippen LogP contribution is -1.81. The van der Waals surface area contributed by atoms with Crippen molar-refractivity contribution in [1.29, 1.82) is 0 Å². The molecule has 2 aromatic carbocycles. The Balaban J connectivity index is 2.03. The number of aryl methyl sites for hydroxylation is 1. The molecule has 2 heterocycles. The molecule has 0 radical (unpaired) electrons. The summed E-state index contributed by atoms with van der Waals surface area (Å²) in [6, 6.07) is 16.5. The number of H-pyrrole nitrogens is 2. The molecule has 4 rings (SSSR count). The number of aromatic amines is 2. The maximum Gasteiger partial charge on any atom is 0.139 e. The minimum Gasteiger partial charge on any atom is -0.359 e. The summed E-state index contributed by atoms with van der Waals surface area (Å²) in [7, 11) is 0. The quantitative estimate of drug-likeness (QED) is 0.524. The van der Waals surface area contributed by atoms with Crippen molar-refractivity contribution >= 4 is 21.9 Å². The molecule has 4 aromatic rings. The van der Waals surface area contributed by atoms with Gasteiger partial charge in [0.25, 0.3) is 0 Å². The summed E-state index contributed by atoms with van der Waals surface area (Å²) in [6.07, 6.45) is 0. The number of rotatable bonds is 1. The van der Waals surface area contributed by atoms with Crippen LogP contribution in [0.3, 0.4) is 0 Å². The van der Waals surface area contributed by atoms with Crippen molar-refractivity contribution in [1.82, 2.24) is 15.0 Å². The van der Waals surface area contributed by atoms with Gasteiger partial charge in [0.2, 0.25) is 0 Å². The fraction of sp³-hybridized carbons (Fsp3) is 0.0625. The van der Waals surface area contributed by atoms with E-state index in [0.29, 0.717) is 0 Å². The van der Waals surface area contributed by atoms with Gasteiger partial charge in [0.15, 0.2) is 0 Å². The van der Waals surface area contributed by atoms with Gasteiger partial charge in [0, 0.05) is 22.2 Å². The van der Waals surface area contributed by atoms with Crippen LogP contribution in [-0.4, -0.2) is 15.0 Å². The lowest BCUT2D eigenvalue weighted by atomic mass is 10.1. The van der Waals surface area contributed by atoms with Crippen LogP contribution >= 0.6 is 0 Å². The van der Waals surface area contributed by atoms with Crippen molar-refractivity contribution in [2.24, 2.45) is 0 Å². The second-order valence-corrected chi connectivity index (χ2v) is 4.82. The van der Waals surface area contributed by atoms with Crippen LogP contribution in [0.5, 0.6) is 0 Å². The zero-order chi connectivity index (χ0) is 12.8. The Morgan fingerprint density at radius 2 is 1.74 bits per heavy atom. The minimum absolute atomic E-state index is 0.922. The molecule has 0 unspecified atom stereocenters. The van der Waals surface area contributed by atoms with Gasteiger partial charge in [-0.15, -0.1) is 0 Å². The molecule has 0 saturated heterocycles. The van der Waals surface area contributed by atoms with Crippen molar-refractivity contribution in [3.05, 3.63) is 54.2 Å². The normalized spacial score (nSPS) is 11.4. The molecule has 0 spiro atoms. The Kier molecular flexibility index (Phi) is 2.03. The third-order valence-electron chi connectivity index (χ3n) is 3.44. The van der Waals surface area contributed by atoms with Crippen molar-refractivity contribution < 1.29 is 0 Å². The molecule has 0 fully saturated rings. The average molecular weight is 247 g/mol. The van der Waals surface area contributed by atoms with Crippen LogP contribution < -0.4 is 0 Å². The highest BCUT2D eigenvalue weighted by Crippen LogP contribution is 2.28. The number of imidazole rings is 1. The highest BCUT2D eigenvalue weighted by atomic mass is 14.9. The van der Waals surface area contributed by atoms with Gasteiger partial charge in [0.05, 0.1) is 11.0 Å². The molecule has 0 aliphatic carbocycles. The van der Waals surface area contributed by atoms with E-state index in [-0.39, 0.29) is 0 Å². The summed E-state index contributed by atoms with van der Waals surface area (Å²) in [5.74, 6) is 0.922. The first kappa shape index (κ1) is 10.4. The Labute approximate surface area is 110 Å². The lowest BCUT2D eigenvalue weighted by Gasteiger charge is -1.98. The van der Waals surface area contributed by atoms with Gasteiger partial charge < -0.3 is 9.97 Å². The van der Waals surface area contributed by atoms with Crippen LogP contribution in [0.15, 0.2) is 48.5 Å². The maximum absolute atomic E-state index is 4.67. The molecule has 2 aromatic heterocycles. The van der Waals surface area contributed by atoms with Gasteiger partial charge in [-0.05, 0) is 31.2 Å². The Bertz CT molecular complexity index is 850. The number of nitrogens with zero attached hydrogens (tertiary/aromatic N) is 1. The number of hydrogen-bond acceptors (Lipinski definition) is 1. The maximum atomic E-state index is 4.67. The Morgan fingerprint density at radius 3 is 2.63 bits per heavy atom. The molecular weight excluding hydrogens is 234 g/mol. The summed E-state index contributed by atoms with van der Waals surface area (Å²) in [4.78, 5) is 11.4. The molecule has 92 valence electrons. The summed E-state index contributed by atoms with van der Waals surface area (Å²) < 4.78 is 0.